The lowest BCUT2D eigenvalue weighted by Gasteiger charge is -2.30. The van der Waals surface area contributed by atoms with Gasteiger partial charge in [-0.1, -0.05) is 30.3 Å². The summed E-state index contributed by atoms with van der Waals surface area (Å²) in [6, 6.07) is 6.91. The molecule has 4 heteroatoms. The highest BCUT2D eigenvalue weighted by molar-refractivity contribution is 5.90. The van der Waals surface area contributed by atoms with E-state index in [0.29, 0.717) is 19.3 Å². The highest BCUT2D eigenvalue weighted by Gasteiger charge is 2.33. The molecule has 0 aliphatic heterocycles. The molecule has 1 aliphatic carbocycles. The van der Waals surface area contributed by atoms with Gasteiger partial charge in [0, 0.05) is 0 Å². The second-order valence-corrected chi connectivity index (χ2v) is 4.72. The van der Waals surface area contributed by atoms with E-state index in [1.165, 1.54) is 5.56 Å². The minimum Gasteiger partial charge on any atom is -0.480 e. The lowest BCUT2D eigenvalue weighted by molar-refractivity contribution is -0.142. The van der Waals surface area contributed by atoms with Crippen LogP contribution in [0.5, 0.6) is 0 Å². The molecule has 0 aromatic heterocycles. The van der Waals surface area contributed by atoms with Crippen LogP contribution in [0.3, 0.4) is 0 Å². The fourth-order valence-electron chi connectivity index (χ4n) is 2.31. The number of carboxylic acids is 1. The highest BCUT2D eigenvalue weighted by Crippen LogP contribution is 2.34. The van der Waals surface area contributed by atoms with Crippen molar-refractivity contribution in [3.05, 3.63) is 48.0 Å². The Bertz CT molecular complexity index is 510. The van der Waals surface area contributed by atoms with Crippen molar-refractivity contribution in [1.82, 2.24) is 5.32 Å². The lowest BCUT2D eigenvalue weighted by Crippen LogP contribution is -2.45. The van der Waals surface area contributed by atoms with Gasteiger partial charge in [0.1, 0.15) is 6.04 Å². The molecule has 2 rings (SSSR count). The summed E-state index contributed by atoms with van der Waals surface area (Å²) < 4.78 is 0. The number of carbonyl (C=O) groups is 2. The smallest absolute Gasteiger partial charge is 0.326 e. The summed E-state index contributed by atoms with van der Waals surface area (Å²) in [5.41, 5.74) is 2.17. The van der Waals surface area contributed by atoms with E-state index in [1.54, 1.807) is 6.08 Å². The summed E-state index contributed by atoms with van der Waals surface area (Å²) in [4.78, 5) is 23.1. The number of carboxylic acid groups (broad SMARTS) is 1. The standard InChI is InChI=1S/C15H17NO3/c1-2-3-8-13(15(18)19)16-14(17)12-9-10-6-4-5-7-11(10)12/h2,4-7,12-13H,1,3,8-9H2,(H,16,17)(H,18,19). The van der Waals surface area contributed by atoms with E-state index in [4.69, 9.17) is 5.11 Å². The SMILES string of the molecule is C=CCCC(NC(=O)C1Cc2ccccc21)C(=O)O. The summed E-state index contributed by atoms with van der Waals surface area (Å²) in [5.74, 6) is -1.40. The van der Waals surface area contributed by atoms with Gasteiger partial charge in [0.15, 0.2) is 0 Å². The molecule has 0 spiro atoms. The molecule has 0 saturated carbocycles. The maximum atomic E-state index is 12.1. The molecule has 2 atom stereocenters. The average molecular weight is 259 g/mol. The largest absolute Gasteiger partial charge is 0.480 e. The van der Waals surface area contributed by atoms with Gasteiger partial charge in [0.05, 0.1) is 5.92 Å². The molecule has 19 heavy (non-hydrogen) atoms. The van der Waals surface area contributed by atoms with Crippen molar-refractivity contribution in [2.45, 2.75) is 31.2 Å². The molecule has 1 aromatic rings. The fraction of sp³-hybridized carbons (Fsp3) is 0.333. The minimum absolute atomic E-state index is 0.199. The molecule has 1 amide bonds. The van der Waals surface area contributed by atoms with Crippen LogP contribution >= 0.6 is 0 Å². The third-order valence-corrected chi connectivity index (χ3v) is 3.45. The number of benzene rings is 1. The second-order valence-electron chi connectivity index (χ2n) is 4.72. The van der Waals surface area contributed by atoms with Crippen LogP contribution in [0.15, 0.2) is 36.9 Å². The van der Waals surface area contributed by atoms with Crippen molar-refractivity contribution >= 4 is 11.9 Å². The molecule has 2 N–H and O–H groups in total. The molecule has 2 unspecified atom stereocenters. The molecular formula is C15H17NO3. The van der Waals surface area contributed by atoms with E-state index in [1.807, 2.05) is 24.3 Å². The molecule has 0 radical (unpaired) electrons. The molecule has 0 heterocycles. The van der Waals surface area contributed by atoms with Crippen LogP contribution in [-0.4, -0.2) is 23.0 Å². The Balaban J connectivity index is 1.98. The van der Waals surface area contributed by atoms with Gasteiger partial charge in [-0.05, 0) is 30.4 Å². The van der Waals surface area contributed by atoms with Crippen molar-refractivity contribution in [3.8, 4) is 0 Å². The van der Waals surface area contributed by atoms with E-state index in [2.05, 4.69) is 11.9 Å². The Kier molecular flexibility index (Phi) is 4.00. The number of allylic oxidation sites excluding steroid dienone is 1. The number of hydrogen-bond donors (Lipinski definition) is 2. The van der Waals surface area contributed by atoms with Crippen LogP contribution in [0.4, 0.5) is 0 Å². The van der Waals surface area contributed by atoms with Gasteiger partial charge in [0.2, 0.25) is 5.91 Å². The zero-order valence-electron chi connectivity index (χ0n) is 10.6. The quantitative estimate of drug-likeness (QED) is 0.766. The number of aliphatic carboxylic acids is 1. The maximum absolute atomic E-state index is 12.1. The average Bonchev–Trinajstić information content (AvgIpc) is 2.35. The van der Waals surface area contributed by atoms with Gasteiger partial charge >= 0.3 is 5.97 Å². The topological polar surface area (TPSA) is 66.4 Å². The third kappa shape index (κ3) is 2.84. The summed E-state index contributed by atoms with van der Waals surface area (Å²) in [6.45, 7) is 3.56. The third-order valence-electron chi connectivity index (χ3n) is 3.45. The maximum Gasteiger partial charge on any atom is 0.326 e. The van der Waals surface area contributed by atoms with E-state index >= 15 is 0 Å². The summed E-state index contributed by atoms with van der Waals surface area (Å²) >= 11 is 0. The van der Waals surface area contributed by atoms with Gasteiger partial charge in [-0.2, -0.15) is 0 Å². The first-order valence-corrected chi connectivity index (χ1v) is 6.35. The zero-order chi connectivity index (χ0) is 13.8. The highest BCUT2D eigenvalue weighted by atomic mass is 16.4. The fourth-order valence-corrected chi connectivity index (χ4v) is 2.31. The first-order valence-electron chi connectivity index (χ1n) is 6.35. The van der Waals surface area contributed by atoms with Crippen molar-refractivity contribution in [2.24, 2.45) is 0 Å². The molecule has 0 saturated heterocycles. The zero-order valence-corrected chi connectivity index (χ0v) is 10.6. The molecular weight excluding hydrogens is 242 g/mol. The minimum atomic E-state index is -0.997. The van der Waals surface area contributed by atoms with Crippen molar-refractivity contribution in [3.63, 3.8) is 0 Å². The van der Waals surface area contributed by atoms with E-state index in [9.17, 15) is 9.59 Å². The number of hydrogen-bond acceptors (Lipinski definition) is 2. The van der Waals surface area contributed by atoms with Crippen LogP contribution in [0.25, 0.3) is 0 Å². The Hall–Kier alpha value is -2.10. The van der Waals surface area contributed by atoms with E-state index < -0.39 is 12.0 Å². The first kappa shape index (κ1) is 13.3. The lowest BCUT2D eigenvalue weighted by atomic mass is 9.77. The first-order chi connectivity index (χ1) is 9.13. The number of amides is 1. The number of nitrogens with one attached hydrogen (secondary N) is 1. The Morgan fingerprint density at radius 2 is 2.21 bits per heavy atom. The number of carbonyl (C=O) groups excluding carboxylic acids is 1. The molecule has 4 nitrogen and oxygen atoms in total. The monoisotopic (exact) mass is 259 g/mol. The summed E-state index contributed by atoms with van der Waals surface area (Å²) in [6.07, 6.45) is 3.29. The van der Waals surface area contributed by atoms with Gasteiger partial charge < -0.3 is 10.4 Å². The molecule has 100 valence electrons. The van der Waals surface area contributed by atoms with Gasteiger partial charge in [0.25, 0.3) is 0 Å². The predicted octanol–water partition coefficient (Wildman–Crippen LogP) is 1.86. The van der Waals surface area contributed by atoms with Gasteiger partial charge in [-0.3, -0.25) is 4.79 Å². The van der Waals surface area contributed by atoms with Crippen LogP contribution in [-0.2, 0) is 16.0 Å². The van der Waals surface area contributed by atoms with E-state index in [-0.39, 0.29) is 11.8 Å². The van der Waals surface area contributed by atoms with Crippen LogP contribution in [0.1, 0.15) is 29.9 Å². The van der Waals surface area contributed by atoms with E-state index in [0.717, 1.165) is 5.56 Å². The second kappa shape index (κ2) is 5.69. The summed E-state index contributed by atoms with van der Waals surface area (Å²) in [7, 11) is 0. The van der Waals surface area contributed by atoms with Crippen LogP contribution < -0.4 is 5.32 Å². The Labute approximate surface area is 112 Å². The molecule has 0 fully saturated rings. The predicted molar refractivity (Wildman–Crippen MR) is 71.9 cm³/mol. The molecule has 1 aromatic carbocycles. The summed E-state index contributed by atoms with van der Waals surface area (Å²) in [5, 5.41) is 11.7. The van der Waals surface area contributed by atoms with Crippen molar-refractivity contribution < 1.29 is 14.7 Å². The van der Waals surface area contributed by atoms with Crippen LogP contribution in [0, 0.1) is 0 Å². The van der Waals surface area contributed by atoms with Crippen molar-refractivity contribution in [1.29, 1.82) is 0 Å². The van der Waals surface area contributed by atoms with Gasteiger partial charge in [-0.25, -0.2) is 4.79 Å². The van der Waals surface area contributed by atoms with Crippen molar-refractivity contribution in [2.75, 3.05) is 0 Å². The number of fused-ring (bicyclic) bond motifs is 1. The number of rotatable bonds is 6. The molecule has 0 bridgehead atoms. The Morgan fingerprint density at radius 1 is 1.47 bits per heavy atom. The van der Waals surface area contributed by atoms with Gasteiger partial charge in [-0.15, -0.1) is 6.58 Å². The molecule has 1 aliphatic rings. The Morgan fingerprint density at radius 3 is 2.84 bits per heavy atom. The van der Waals surface area contributed by atoms with Crippen LogP contribution in [0.2, 0.25) is 0 Å². The normalized spacial score (nSPS) is 17.8.